The Labute approximate surface area is 118 Å². The summed E-state index contributed by atoms with van der Waals surface area (Å²) in [4.78, 5) is 22.2. The minimum absolute atomic E-state index is 0.0650. The van der Waals surface area contributed by atoms with E-state index >= 15 is 0 Å². The van der Waals surface area contributed by atoms with Gasteiger partial charge in [-0.2, -0.15) is 9.66 Å². The van der Waals surface area contributed by atoms with Crippen molar-refractivity contribution in [2.75, 3.05) is 12.9 Å². The molecule has 0 heterocycles. The molecule has 0 amide bonds. The molecule has 0 rings (SSSR count). The van der Waals surface area contributed by atoms with Crippen molar-refractivity contribution in [2.24, 2.45) is 4.40 Å². The van der Waals surface area contributed by atoms with Gasteiger partial charge in [0.05, 0.1) is 7.11 Å². The molecule has 6 nitrogen and oxygen atoms in total. The normalized spacial score (nSPS) is 10.7. The first-order chi connectivity index (χ1) is 8.80. The summed E-state index contributed by atoms with van der Waals surface area (Å²) in [5.74, 6) is -1.36. The lowest BCUT2D eigenvalue weighted by atomic mass is 10.2. The van der Waals surface area contributed by atoms with Gasteiger partial charge in [0, 0.05) is 0 Å². The highest BCUT2D eigenvalue weighted by Crippen LogP contribution is 2.09. The first-order valence-corrected chi connectivity index (χ1v) is 6.64. The summed E-state index contributed by atoms with van der Waals surface area (Å²) in [5.41, 5.74) is -1.07. The van der Waals surface area contributed by atoms with Gasteiger partial charge in [-0.15, -0.1) is 0 Å². The van der Waals surface area contributed by atoms with Crippen LogP contribution in [0, 0.1) is 11.3 Å². The molecule has 0 spiro atoms. The van der Waals surface area contributed by atoms with Gasteiger partial charge in [0.15, 0.2) is 0 Å². The summed E-state index contributed by atoms with van der Waals surface area (Å²) >= 11 is 0.763. The number of nitrogens with zero attached hydrogens (tertiary/aromatic N) is 2. The number of carbonyl (C=O) groups excluding carboxylic acids is 2. The van der Waals surface area contributed by atoms with Gasteiger partial charge < -0.3 is 9.47 Å². The summed E-state index contributed by atoms with van der Waals surface area (Å²) in [6.45, 7) is 9.05. The van der Waals surface area contributed by atoms with Crippen LogP contribution in [0.5, 0.6) is 0 Å². The monoisotopic (exact) mass is 288 g/mol. The SMILES string of the molecule is CC.COC(=O)CS/N=C(\C#N)C(=O)OC(C)(C)C. The molecule has 0 radical (unpaired) electrons. The first-order valence-electron chi connectivity index (χ1n) is 5.70. The van der Waals surface area contributed by atoms with Crippen molar-refractivity contribution in [1.82, 2.24) is 0 Å². The molecule has 0 atom stereocenters. The topological polar surface area (TPSA) is 88.8 Å². The standard InChI is InChI=1S/C10H14N2O4S.C2H6/c1-10(2,3)16-9(14)7(5-11)12-17-6-8(13)15-4;1-2/h6H2,1-4H3;1-2H3/b12-7+;. The molecule has 19 heavy (non-hydrogen) atoms. The third-order valence-electron chi connectivity index (χ3n) is 1.26. The van der Waals surface area contributed by atoms with Crippen LogP contribution in [0.2, 0.25) is 0 Å². The molecule has 0 unspecified atom stereocenters. The second kappa shape index (κ2) is 10.4. The van der Waals surface area contributed by atoms with E-state index in [-0.39, 0.29) is 11.5 Å². The molecule has 7 heteroatoms. The number of esters is 2. The molecule has 0 aliphatic carbocycles. The van der Waals surface area contributed by atoms with Gasteiger partial charge in [0.25, 0.3) is 0 Å². The van der Waals surface area contributed by atoms with Crippen molar-refractivity contribution in [3.8, 4) is 6.07 Å². The van der Waals surface area contributed by atoms with Crippen LogP contribution in [0.4, 0.5) is 0 Å². The average Bonchev–Trinajstić information content (AvgIpc) is 2.34. The van der Waals surface area contributed by atoms with E-state index in [0.717, 1.165) is 11.9 Å². The van der Waals surface area contributed by atoms with Gasteiger partial charge in [-0.1, -0.05) is 13.8 Å². The van der Waals surface area contributed by atoms with E-state index in [1.807, 2.05) is 13.8 Å². The number of methoxy groups -OCH3 is 1. The fourth-order valence-corrected chi connectivity index (χ4v) is 1.17. The molecule has 0 aliphatic heterocycles. The highest BCUT2D eigenvalue weighted by atomic mass is 32.2. The fraction of sp³-hybridized carbons (Fsp3) is 0.667. The third-order valence-corrected chi connectivity index (χ3v) is 1.94. The summed E-state index contributed by atoms with van der Waals surface area (Å²) in [6, 6.07) is 1.62. The van der Waals surface area contributed by atoms with E-state index in [2.05, 4.69) is 9.13 Å². The molecule has 0 fully saturated rings. The summed E-state index contributed by atoms with van der Waals surface area (Å²) in [7, 11) is 1.24. The number of nitriles is 1. The van der Waals surface area contributed by atoms with Crippen LogP contribution in [-0.4, -0.2) is 36.1 Å². The van der Waals surface area contributed by atoms with Crippen molar-refractivity contribution in [3.63, 3.8) is 0 Å². The summed E-state index contributed by atoms with van der Waals surface area (Å²) in [6.07, 6.45) is 0. The maximum Gasteiger partial charge on any atom is 0.369 e. The van der Waals surface area contributed by atoms with E-state index < -0.39 is 17.5 Å². The van der Waals surface area contributed by atoms with Gasteiger partial charge in [-0.25, -0.2) is 4.79 Å². The fourth-order valence-electron chi connectivity index (χ4n) is 0.638. The molecule has 0 saturated carbocycles. The Bertz CT molecular complexity index is 367. The molecule has 0 aromatic heterocycles. The van der Waals surface area contributed by atoms with Crippen molar-refractivity contribution >= 4 is 29.6 Å². The molecule has 0 aliphatic rings. The quantitative estimate of drug-likeness (QED) is 0.447. The maximum absolute atomic E-state index is 11.4. The van der Waals surface area contributed by atoms with Crippen molar-refractivity contribution < 1.29 is 19.1 Å². The number of rotatable bonds is 4. The molecule has 0 N–H and O–H groups in total. The molecule has 108 valence electrons. The van der Waals surface area contributed by atoms with Crippen LogP contribution in [0.15, 0.2) is 4.40 Å². The minimum Gasteiger partial charge on any atom is -0.468 e. The zero-order chi connectivity index (χ0) is 15.5. The maximum atomic E-state index is 11.4. The Morgan fingerprint density at radius 2 is 1.84 bits per heavy atom. The van der Waals surface area contributed by atoms with Crippen LogP contribution in [0.1, 0.15) is 34.6 Å². The van der Waals surface area contributed by atoms with Crippen molar-refractivity contribution in [2.45, 2.75) is 40.2 Å². The zero-order valence-corrected chi connectivity index (χ0v) is 13.0. The Kier molecular flexibility index (Phi) is 10.8. The number of hydrogen-bond acceptors (Lipinski definition) is 7. The largest absolute Gasteiger partial charge is 0.468 e. The molecular weight excluding hydrogens is 268 g/mol. The molecule has 0 saturated heterocycles. The lowest BCUT2D eigenvalue weighted by Crippen LogP contribution is -2.28. The number of ether oxygens (including phenoxy) is 2. The first kappa shape index (κ1) is 19.8. The molecule has 0 aromatic carbocycles. The highest BCUT2D eigenvalue weighted by Gasteiger charge is 2.21. The predicted molar refractivity (Wildman–Crippen MR) is 74.7 cm³/mol. The van der Waals surface area contributed by atoms with Crippen LogP contribution < -0.4 is 0 Å². The van der Waals surface area contributed by atoms with E-state index in [1.165, 1.54) is 7.11 Å². The lowest BCUT2D eigenvalue weighted by Gasteiger charge is -2.18. The Hall–Kier alpha value is -1.55. The van der Waals surface area contributed by atoms with E-state index in [0.29, 0.717) is 0 Å². The Morgan fingerprint density at radius 1 is 1.32 bits per heavy atom. The minimum atomic E-state index is -0.808. The molecule has 0 bridgehead atoms. The van der Waals surface area contributed by atoms with E-state index in [4.69, 9.17) is 10.00 Å². The zero-order valence-electron chi connectivity index (χ0n) is 12.1. The van der Waals surface area contributed by atoms with Gasteiger partial charge in [0.1, 0.15) is 17.4 Å². The molecule has 0 aromatic rings. The predicted octanol–water partition coefficient (Wildman–Crippen LogP) is 2.14. The van der Waals surface area contributed by atoms with Gasteiger partial charge in [-0.3, -0.25) is 4.79 Å². The van der Waals surface area contributed by atoms with Crippen LogP contribution >= 0.6 is 11.9 Å². The van der Waals surface area contributed by atoms with Gasteiger partial charge >= 0.3 is 11.9 Å². The lowest BCUT2D eigenvalue weighted by molar-refractivity contribution is -0.146. The average molecular weight is 288 g/mol. The second-order valence-corrected chi connectivity index (χ2v) is 4.63. The number of hydrogen-bond donors (Lipinski definition) is 0. The molecular formula is C12H20N2O4S. The van der Waals surface area contributed by atoms with Crippen LogP contribution in [0.25, 0.3) is 0 Å². The Morgan fingerprint density at radius 3 is 2.21 bits per heavy atom. The van der Waals surface area contributed by atoms with Crippen LogP contribution in [0.3, 0.4) is 0 Å². The third kappa shape index (κ3) is 11.3. The Balaban J connectivity index is 0. The highest BCUT2D eigenvalue weighted by molar-refractivity contribution is 7.98. The summed E-state index contributed by atoms with van der Waals surface area (Å²) < 4.78 is 12.9. The second-order valence-electron chi connectivity index (χ2n) is 3.90. The number of carbonyl (C=O) groups is 2. The van der Waals surface area contributed by atoms with Gasteiger partial charge in [-0.05, 0) is 32.7 Å². The van der Waals surface area contributed by atoms with E-state index in [1.54, 1.807) is 26.8 Å². The summed E-state index contributed by atoms with van der Waals surface area (Å²) in [5, 5.41) is 8.70. The van der Waals surface area contributed by atoms with E-state index in [9.17, 15) is 9.59 Å². The van der Waals surface area contributed by atoms with Crippen molar-refractivity contribution in [1.29, 1.82) is 5.26 Å². The van der Waals surface area contributed by atoms with Crippen molar-refractivity contribution in [3.05, 3.63) is 0 Å². The smallest absolute Gasteiger partial charge is 0.369 e. The van der Waals surface area contributed by atoms with Gasteiger partial charge in [0.2, 0.25) is 5.71 Å². The van der Waals surface area contributed by atoms with Crippen LogP contribution in [-0.2, 0) is 19.1 Å².